The van der Waals surface area contributed by atoms with Gasteiger partial charge in [-0.05, 0) is 42.7 Å². The van der Waals surface area contributed by atoms with Crippen LogP contribution in [0.25, 0.3) is 0 Å². The van der Waals surface area contributed by atoms with Crippen molar-refractivity contribution in [3.05, 3.63) is 59.5 Å². The van der Waals surface area contributed by atoms with Crippen LogP contribution in [-0.4, -0.2) is 59.5 Å². The van der Waals surface area contributed by atoms with E-state index in [1.54, 1.807) is 12.1 Å². The molecule has 0 spiro atoms. The second kappa shape index (κ2) is 7.64. The lowest BCUT2D eigenvalue weighted by molar-refractivity contribution is -0.132. The summed E-state index contributed by atoms with van der Waals surface area (Å²) in [5.41, 5.74) is 2.14. The van der Waals surface area contributed by atoms with E-state index in [1.165, 1.54) is 12.1 Å². The highest BCUT2D eigenvalue weighted by Gasteiger charge is 2.37. The molecule has 1 unspecified atom stereocenters. The van der Waals surface area contributed by atoms with E-state index in [1.807, 2.05) is 18.0 Å². The van der Waals surface area contributed by atoms with Crippen LogP contribution < -0.4 is 4.90 Å². The Morgan fingerprint density at radius 3 is 2.44 bits per heavy atom. The lowest BCUT2D eigenvalue weighted by atomic mass is 10.1. The first-order valence-corrected chi connectivity index (χ1v) is 9.55. The average molecular weight is 368 g/mol. The lowest BCUT2D eigenvalue weighted by Gasteiger charge is -2.37. The summed E-state index contributed by atoms with van der Waals surface area (Å²) in [4.78, 5) is 23.8. The molecule has 1 aromatic carbocycles. The van der Waals surface area contributed by atoms with Crippen molar-refractivity contribution >= 4 is 11.7 Å². The van der Waals surface area contributed by atoms with Gasteiger partial charge in [-0.15, -0.1) is 0 Å². The van der Waals surface area contributed by atoms with Gasteiger partial charge in [0.05, 0.1) is 6.04 Å². The standard InChI is InChI=1S/C21H25FN4O/c1-16-2-7-20(23-14-16)25-12-10-24(11-13-25)19-8-9-26(21(19)27)15-17-3-5-18(22)6-4-17/h2-7,14,19H,8-13,15H2,1H3. The number of nitrogens with zero attached hydrogens (tertiary/aromatic N) is 4. The van der Waals surface area contributed by atoms with Crippen molar-refractivity contribution in [3.63, 3.8) is 0 Å². The van der Waals surface area contributed by atoms with Gasteiger partial charge < -0.3 is 9.80 Å². The molecule has 5 nitrogen and oxygen atoms in total. The molecule has 2 saturated heterocycles. The van der Waals surface area contributed by atoms with Crippen LogP contribution in [0.3, 0.4) is 0 Å². The zero-order valence-corrected chi connectivity index (χ0v) is 15.6. The monoisotopic (exact) mass is 368 g/mol. The molecule has 0 radical (unpaired) electrons. The van der Waals surface area contributed by atoms with E-state index in [0.717, 1.165) is 56.1 Å². The highest BCUT2D eigenvalue weighted by atomic mass is 19.1. The van der Waals surface area contributed by atoms with Crippen LogP contribution in [0.2, 0.25) is 0 Å². The molecule has 2 aliphatic heterocycles. The Morgan fingerprint density at radius 2 is 1.78 bits per heavy atom. The molecule has 0 bridgehead atoms. The number of benzene rings is 1. The smallest absolute Gasteiger partial charge is 0.240 e. The number of piperazine rings is 1. The van der Waals surface area contributed by atoms with Gasteiger partial charge in [0.2, 0.25) is 5.91 Å². The van der Waals surface area contributed by atoms with Crippen molar-refractivity contribution < 1.29 is 9.18 Å². The molecule has 2 aromatic rings. The van der Waals surface area contributed by atoms with Crippen molar-refractivity contribution in [2.24, 2.45) is 0 Å². The molecule has 1 aromatic heterocycles. The Bertz CT molecular complexity index is 785. The molecule has 0 saturated carbocycles. The van der Waals surface area contributed by atoms with E-state index < -0.39 is 0 Å². The van der Waals surface area contributed by atoms with Gasteiger partial charge in [-0.1, -0.05) is 18.2 Å². The van der Waals surface area contributed by atoms with E-state index in [-0.39, 0.29) is 17.8 Å². The fourth-order valence-electron chi connectivity index (χ4n) is 3.94. The Labute approximate surface area is 159 Å². The van der Waals surface area contributed by atoms with E-state index in [4.69, 9.17) is 0 Å². The van der Waals surface area contributed by atoms with E-state index in [2.05, 4.69) is 26.9 Å². The molecule has 27 heavy (non-hydrogen) atoms. The molecule has 1 amide bonds. The number of amides is 1. The fraction of sp³-hybridized carbons (Fsp3) is 0.429. The predicted octanol–water partition coefficient (Wildman–Crippen LogP) is 2.45. The quantitative estimate of drug-likeness (QED) is 0.831. The summed E-state index contributed by atoms with van der Waals surface area (Å²) in [6.07, 6.45) is 2.76. The van der Waals surface area contributed by atoms with Gasteiger partial charge in [0.25, 0.3) is 0 Å². The molecule has 4 rings (SSSR count). The first-order chi connectivity index (χ1) is 13.1. The predicted molar refractivity (Wildman–Crippen MR) is 103 cm³/mol. The summed E-state index contributed by atoms with van der Waals surface area (Å²) in [5, 5.41) is 0. The Kier molecular flexibility index (Phi) is 5.07. The van der Waals surface area contributed by atoms with Gasteiger partial charge >= 0.3 is 0 Å². The minimum absolute atomic E-state index is 0.0291. The van der Waals surface area contributed by atoms with Gasteiger partial charge in [0.15, 0.2) is 0 Å². The van der Waals surface area contributed by atoms with Crippen molar-refractivity contribution in [1.29, 1.82) is 0 Å². The Balaban J connectivity index is 1.33. The van der Waals surface area contributed by atoms with Crippen LogP contribution in [0.1, 0.15) is 17.5 Å². The first-order valence-electron chi connectivity index (χ1n) is 9.55. The topological polar surface area (TPSA) is 39.7 Å². The van der Waals surface area contributed by atoms with Crippen LogP contribution >= 0.6 is 0 Å². The summed E-state index contributed by atoms with van der Waals surface area (Å²) in [6, 6.07) is 10.5. The number of hydrogen-bond donors (Lipinski definition) is 0. The molecule has 2 fully saturated rings. The first kappa shape index (κ1) is 17.9. The number of aryl methyl sites for hydroxylation is 1. The van der Waals surface area contributed by atoms with Crippen LogP contribution in [0, 0.1) is 12.7 Å². The molecule has 2 aliphatic rings. The molecular formula is C21H25FN4O. The molecular weight excluding hydrogens is 343 g/mol. The van der Waals surface area contributed by atoms with Crippen LogP contribution in [0.4, 0.5) is 10.2 Å². The maximum atomic E-state index is 13.1. The maximum absolute atomic E-state index is 13.1. The third kappa shape index (κ3) is 3.95. The van der Waals surface area contributed by atoms with Gasteiger partial charge in [-0.25, -0.2) is 9.37 Å². The number of hydrogen-bond acceptors (Lipinski definition) is 4. The number of pyridine rings is 1. The number of aromatic nitrogens is 1. The summed E-state index contributed by atoms with van der Waals surface area (Å²) in [7, 11) is 0. The average Bonchev–Trinajstić information content (AvgIpc) is 3.05. The third-order valence-corrected chi connectivity index (χ3v) is 5.53. The van der Waals surface area contributed by atoms with Crippen LogP contribution in [-0.2, 0) is 11.3 Å². The normalized spacial score (nSPS) is 21.1. The zero-order valence-electron chi connectivity index (χ0n) is 15.6. The Hall–Kier alpha value is -2.47. The van der Waals surface area contributed by atoms with E-state index in [9.17, 15) is 9.18 Å². The molecule has 142 valence electrons. The number of carbonyl (C=O) groups is 1. The summed E-state index contributed by atoms with van der Waals surface area (Å²) < 4.78 is 13.1. The summed E-state index contributed by atoms with van der Waals surface area (Å²) in [5.74, 6) is 0.961. The number of likely N-dealkylation sites (tertiary alicyclic amines) is 1. The highest BCUT2D eigenvalue weighted by molar-refractivity contribution is 5.84. The number of carbonyl (C=O) groups excluding carboxylic acids is 1. The van der Waals surface area contributed by atoms with Crippen LogP contribution in [0.5, 0.6) is 0 Å². The number of anilines is 1. The summed E-state index contributed by atoms with van der Waals surface area (Å²) >= 11 is 0. The number of rotatable bonds is 4. The molecule has 0 aliphatic carbocycles. The van der Waals surface area contributed by atoms with Crippen molar-refractivity contribution in [2.75, 3.05) is 37.6 Å². The van der Waals surface area contributed by atoms with Crippen molar-refractivity contribution in [3.8, 4) is 0 Å². The minimum Gasteiger partial charge on any atom is -0.354 e. The van der Waals surface area contributed by atoms with Gasteiger partial charge in [0.1, 0.15) is 11.6 Å². The van der Waals surface area contributed by atoms with E-state index >= 15 is 0 Å². The number of halogens is 1. The molecule has 0 N–H and O–H groups in total. The Morgan fingerprint density at radius 1 is 1.04 bits per heavy atom. The lowest BCUT2D eigenvalue weighted by Crippen LogP contribution is -2.52. The highest BCUT2D eigenvalue weighted by Crippen LogP contribution is 2.22. The van der Waals surface area contributed by atoms with Crippen LogP contribution in [0.15, 0.2) is 42.6 Å². The SMILES string of the molecule is Cc1ccc(N2CCN(C3CCN(Cc4ccc(F)cc4)C3=O)CC2)nc1. The molecule has 3 heterocycles. The maximum Gasteiger partial charge on any atom is 0.240 e. The fourth-order valence-corrected chi connectivity index (χ4v) is 3.94. The zero-order chi connectivity index (χ0) is 18.8. The second-order valence-electron chi connectivity index (χ2n) is 7.41. The largest absolute Gasteiger partial charge is 0.354 e. The summed E-state index contributed by atoms with van der Waals surface area (Å²) in [6.45, 7) is 6.88. The molecule has 6 heteroatoms. The van der Waals surface area contributed by atoms with Crippen molar-refractivity contribution in [1.82, 2.24) is 14.8 Å². The van der Waals surface area contributed by atoms with Gasteiger partial charge in [0, 0.05) is 45.5 Å². The van der Waals surface area contributed by atoms with E-state index in [0.29, 0.717) is 6.54 Å². The van der Waals surface area contributed by atoms with Crippen molar-refractivity contribution in [2.45, 2.75) is 25.9 Å². The van der Waals surface area contributed by atoms with Gasteiger partial charge in [-0.2, -0.15) is 0 Å². The minimum atomic E-state index is -0.245. The van der Waals surface area contributed by atoms with Gasteiger partial charge in [-0.3, -0.25) is 9.69 Å². The second-order valence-corrected chi connectivity index (χ2v) is 7.41. The third-order valence-electron chi connectivity index (χ3n) is 5.53. The molecule has 1 atom stereocenters.